The Kier molecular flexibility index (Phi) is 13.6. The highest BCUT2D eigenvalue weighted by atomic mass is 35.5. The minimum Gasteiger partial charge on any atom is -0.466 e. The zero-order chi connectivity index (χ0) is 28.6. The first kappa shape index (κ1) is 34.9. The Morgan fingerprint density at radius 3 is 2.48 bits per heavy atom. The van der Waals surface area contributed by atoms with Gasteiger partial charge in [0.2, 0.25) is 6.41 Å². The minimum absolute atomic E-state index is 0. The number of hydrogen-bond donors (Lipinski definition) is 1. The standard InChI is InChI=1S/C28H33F2N5O5.2ClH/c1-39-17-24-25(27(37)40-2)26(20-7-8-21(29)22(30)16-20)35(28(38)32-24)34(18-36)13-5-12-33-14-9-19(10-15-33)23-6-3-4-11-31-23;;/h3-4,6-8,11,16,18-19,26H,5,9-10,12-15,17H2,1-2H3,(H,32,38);2*1H. The Morgan fingerprint density at radius 1 is 1.14 bits per heavy atom. The second-order valence-electron chi connectivity index (χ2n) is 9.66. The fourth-order valence-corrected chi connectivity index (χ4v) is 5.25. The topological polar surface area (TPSA) is 104 Å². The maximum atomic E-state index is 14.3. The number of likely N-dealkylation sites (tertiary alicyclic amines) is 1. The lowest BCUT2D eigenvalue weighted by Gasteiger charge is -2.42. The van der Waals surface area contributed by atoms with Gasteiger partial charge in [-0.1, -0.05) is 12.1 Å². The summed E-state index contributed by atoms with van der Waals surface area (Å²) < 4.78 is 38.2. The molecule has 0 radical (unpaired) electrons. The number of carbonyl (C=O) groups excluding carboxylic acids is 3. The first-order valence-corrected chi connectivity index (χ1v) is 13.1. The molecule has 1 N–H and O–H groups in total. The van der Waals surface area contributed by atoms with E-state index in [-0.39, 0.29) is 54.8 Å². The number of ether oxygens (including phenoxy) is 2. The Labute approximate surface area is 255 Å². The summed E-state index contributed by atoms with van der Waals surface area (Å²) in [5, 5.41) is 4.78. The van der Waals surface area contributed by atoms with Crippen molar-refractivity contribution < 1.29 is 32.6 Å². The third kappa shape index (κ3) is 7.94. The second kappa shape index (κ2) is 16.4. The summed E-state index contributed by atoms with van der Waals surface area (Å²) in [5.74, 6) is -2.65. The lowest BCUT2D eigenvalue weighted by Crippen LogP contribution is -2.57. The molecule has 1 aromatic heterocycles. The van der Waals surface area contributed by atoms with Crippen LogP contribution in [0.1, 0.15) is 42.5 Å². The molecule has 1 unspecified atom stereocenters. The molecule has 1 atom stereocenters. The molecule has 0 aliphatic carbocycles. The van der Waals surface area contributed by atoms with E-state index in [1.165, 1.54) is 13.2 Å². The molecular weight excluding hydrogens is 595 g/mol. The molecule has 3 amide bonds. The molecule has 3 heterocycles. The molecule has 230 valence electrons. The van der Waals surface area contributed by atoms with E-state index in [0.717, 1.165) is 60.9 Å². The first-order valence-electron chi connectivity index (χ1n) is 13.1. The van der Waals surface area contributed by atoms with Crippen LogP contribution in [-0.2, 0) is 19.1 Å². The second-order valence-corrected chi connectivity index (χ2v) is 9.66. The Morgan fingerprint density at radius 2 is 1.88 bits per heavy atom. The molecule has 42 heavy (non-hydrogen) atoms. The van der Waals surface area contributed by atoms with Gasteiger partial charge >= 0.3 is 12.0 Å². The number of halogens is 4. The summed E-state index contributed by atoms with van der Waals surface area (Å²) in [4.78, 5) is 45.2. The molecule has 2 aliphatic rings. The highest BCUT2D eigenvalue weighted by Crippen LogP contribution is 2.36. The Balaban J connectivity index is 0.00000308. The van der Waals surface area contributed by atoms with Crippen molar-refractivity contribution in [3.63, 3.8) is 0 Å². The van der Waals surface area contributed by atoms with Gasteiger partial charge in [0.1, 0.15) is 6.04 Å². The van der Waals surface area contributed by atoms with Crippen LogP contribution in [0.25, 0.3) is 0 Å². The molecule has 4 rings (SSSR count). The van der Waals surface area contributed by atoms with Crippen LogP contribution < -0.4 is 5.32 Å². The lowest BCUT2D eigenvalue weighted by atomic mass is 9.93. The Hall–Kier alpha value is -3.32. The van der Waals surface area contributed by atoms with Crippen molar-refractivity contribution in [2.75, 3.05) is 47.0 Å². The maximum Gasteiger partial charge on any atom is 0.341 e. The number of urea groups is 1. The zero-order valence-corrected chi connectivity index (χ0v) is 25.0. The van der Waals surface area contributed by atoms with E-state index in [0.29, 0.717) is 25.3 Å². The van der Waals surface area contributed by atoms with Crippen molar-refractivity contribution in [3.05, 3.63) is 76.8 Å². The Bertz CT molecular complexity index is 1250. The summed E-state index contributed by atoms with van der Waals surface area (Å²) in [7, 11) is 2.54. The lowest BCUT2D eigenvalue weighted by molar-refractivity contribution is -0.141. The van der Waals surface area contributed by atoms with Gasteiger partial charge < -0.3 is 19.7 Å². The van der Waals surface area contributed by atoms with Gasteiger partial charge in [0.15, 0.2) is 11.6 Å². The van der Waals surface area contributed by atoms with Crippen LogP contribution in [0.2, 0.25) is 0 Å². The predicted molar refractivity (Wildman–Crippen MR) is 155 cm³/mol. The summed E-state index contributed by atoms with van der Waals surface area (Å²) in [6, 6.07) is 7.01. The van der Waals surface area contributed by atoms with Crippen LogP contribution in [0.4, 0.5) is 13.6 Å². The molecule has 1 fully saturated rings. The molecule has 1 saturated heterocycles. The number of benzene rings is 1. The number of methoxy groups -OCH3 is 2. The normalized spacial score (nSPS) is 17.6. The molecule has 0 saturated carbocycles. The van der Waals surface area contributed by atoms with Crippen LogP contribution in [0, 0.1) is 11.6 Å². The third-order valence-electron chi connectivity index (χ3n) is 7.22. The number of amides is 3. The summed E-state index contributed by atoms with van der Waals surface area (Å²) in [5.41, 5.74) is 1.23. The molecule has 0 spiro atoms. The molecule has 0 bridgehead atoms. The number of rotatable bonds is 11. The number of aromatic nitrogens is 1. The predicted octanol–water partition coefficient (Wildman–Crippen LogP) is 3.99. The quantitative estimate of drug-likeness (QED) is 0.296. The third-order valence-corrected chi connectivity index (χ3v) is 7.22. The number of hydrogen-bond acceptors (Lipinski definition) is 7. The van der Waals surface area contributed by atoms with Gasteiger partial charge in [0, 0.05) is 31.5 Å². The van der Waals surface area contributed by atoms with Crippen molar-refractivity contribution in [2.45, 2.75) is 31.2 Å². The summed E-state index contributed by atoms with van der Waals surface area (Å²) in [6.07, 6.45) is 4.76. The van der Waals surface area contributed by atoms with Crippen molar-refractivity contribution in [1.29, 1.82) is 0 Å². The van der Waals surface area contributed by atoms with Crippen molar-refractivity contribution in [1.82, 2.24) is 25.2 Å². The van der Waals surface area contributed by atoms with Crippen LogP contribution in [0.15, 0.2) is 53.9 Å². The summed E-state index contributed by atoms with van der Waals surface area (Å²) in [6.45, 7) is 2.42. The van der Waals surface area contributed by atoms with Gasteiger partial charge in [-0.05, 0) is 68.7 Å². The molecule has 2 aliphatic heterocycles. The number of esters is 1. The number of nitrogens with one attached hydrogen (secondary N) is 1. The van der Waals surface area contributed by atoms with E-state index >= 15 is 0 Å². The van der Waals surface area contributed by atoms with Crippen molar-refractivity contribution in [3.8, 4) is 0 Å². The van der Waals surface area contributed by atoms with Gasteiger partial charge in [-0.3, -0.25) is 14.8 Å². The van der Waals surface area contributed by atoms with Crippen LogP contribution >= 0.6 is 24.8 Å². The van der Waals surface area contributed by atoms with E-state index in [4.69, 9.17) is 9.47 Å². The number of nitrogens with zero attached hydrogens (tertiary/aromatic N) is 4. The van der Waals surface area contributed by atoms with Crippen LogP contribution in [-0.4, -0.2) is 85.3 Å². The molecule has 14 heteroatoms. The van der Waals surface area contributed by atoms with E-state index in [1.54, 1.807) is 6.20 Å². The van der Waals surface area contributed by atoms with E-state index in [1.807, 2.05) is 18.2 Å². The largest absolute Gasteiger partial charge is 0.466 e. The van der Waals surface area contributed by atoms with Crippen molar-refractivity contribution in [2.24, 2.45) is 0 Å². The van der Waals surface area contributed by atoms with E-state index < -0.39 is 29.7 Å². The van der Waals surface area contributed by atoms with Gasteiger partial charge in [-0.25, -0.2) is 23.4 Å². The molecule has 1 aromatic carbocycles. The number of carbonyl (C=O) groups is 3. The molecule has 10 nitrogen and oxygen atoms in total. The van der Waals surface area contributed by atoms with Crippen LogP contribution in [0.3, 0.4) is 0 Å². The monoisotopic (exact) mass is 629 g/mol. The van der Waals surface area contributed by atoms with Crippen molar-refractivity contribution >= 4 is 43.2 Å². The van der Waals surface area contributed by atoms with E-state index in [2.05, 4.69) is 15.2 Å². The fraction of sp³-hybridized carbons (Fsp3) is 0.429. The van der Waals surface area contributed by atoms with Gasteiger partial charge in [-0.2, -0.15) is 0 Å². The number of piperidine rings is 1. The van der Waals surface area contributed by atoms with Gasteiger partial charge in [-0.15, -0.1) is 24.8 Å². The highest BCUT2D eigenvalue weighted by molar-refractivity contribution is 5.95. The highest BCUT2D eigenvalue weighted by Gasteiger charge is 2.42. The smallest absolute Gasteiger partial charge is 0.341 e. The average Bonchev–Trinajstić information content (AvgIpc) is 2.97. The van der Waals surface area contributed by atoms with Gasteiger partial charge in [0.05, 0.1) is 25.0 Å². The fourth-order valence-electron chi connectivity index (χ4n) is 5.25. The SMILES string of the molecule is COCC1=C(C(=O)OC)C(c2ccc(F)c(F)c2)N(N(C=O)CCCN2CCC(c3ccccn3)CC2)C(=O)N1.Cl.Cl. The molecule has 2 aromatic rings. The molecular formula is C28H35Cl2F2N5O5. The average molecular weight is 631 g/mol. The number of hydrazine groups is 1. The first-order chi connectivity index (χ1) is 19.4. The van der Waals surface area contributed by atoms with Crippen LogP contribution in [0.5, 0.6) is 0 Å². The number of pyridine rings is 1. The minimum atomic E-state index is -1.26. The van der Waals surface area contributed by atoms with E-state index in [9.17, 15) is 23.2 Å². The maximum absolute atomic E-state index is 14.3. The van der Waals surface area contributed by atoms with Gasteiger partial charge in [0.25, 0.3) is 0 Å². The summed E-state index contributed by atoms with van der Waals surface area (Å²) >= 11 is 0. The zero-order valence-electron chi connectivity index (χ0n) is 23.3.